The van der Waals surface area contributed by atoms with E-state index in [9.17, 15) is 18.4 Å². The Morgan fingerprint density at radius 2 is 1.85 bits per heavy atom. The molecule has 2 rings (SSSR count). The zero-order valence-electron chi connectivity index (χ0n) is 14.8. The van der Waals surface area contributed by atoms with Crippen molar-refractivity contribution in [1.29, 1.82) is 0 Å². The van der Waals surface area contributed by atoms with Crippen LogP contribution in [0.25, 0.3) is 0 Å². The van der Waals surface area contributed by atoms with Gasteiger partial charge in [0.25, 0.3) is 0 Å². The number of carbonyl (C=O) groups excluding carboxylic acids is 2. The lowest BCUT2D eigenvalue weighted by molar-refractivity contribution is 0.0473. The monoisotopic (exact) mass is 398 g/mol. The number of carbonyl (C=O) groups is 2. The largest absolute Gasteiger partial charge is 0.493 e. The van der Waals surface area contributed by atoms with Gasteiger partial charge in [-0.1, -0.05) is 11.6 Å². The average molecular weight is 399 g/mol. The first kappa shape index (κ1) is 20.6. The topological polar surface area (TPSA) is 61.8 Å². The van der Waals surface area contributed by atoms with E-state index in [2.05, 4.69) is 0 Å². The number of Topliss-reactive ketones (excluding diaryl/α,β-unsaturated/α-hetero) is 1. The van der Waals surface area contributed by atoms with Crippen molar-refractivity contribution in [2.24, 2.45) is 0 Å². The molecular formula is C19H17ClF2O5. The quantitative estimate of drug-likeness (QED) is 0.509. The van der Waals surface area contributed by atoms with Gasteiger partial charge in [-0.2, -0.15) is 0 Å². The van der Waals surface area contributed by atoms with E-state index in [4.69, 9.17) is 25.8 Å². The summed E-state index contributed by atoms with van der Waals surface area (Å²) in [6.45, 7) is 2.84. The maximum absolute atomic E-state index is 13.6. The normalized spacial score (nSPS) is 10.6. The number of hydrogen-bond donors (Lipinski definition) is 0. The lowest BCUT2D eigenvalue weighted by Gasteiger charge is -2.16. The van der Waals surface area contributed by atoms with Crippen LogP contribution in [-0.4, -0.2) is 31.6 Å². The Bertz CT molecular complexity index is 867. The molecule has 0 fully saturated rings. The second-order valence-corrected chi connectivity index (χ2v) is 6.19. The van der Waals surface area contributed by atoms with E-state index < -0.39 is 35.6 Å². The fourth-order valence-electron chi connectivity index (χ4n) is 2.19. The second-order valence-electron chi connectivity index (χ2n) is 5.78. The van der Waals surface area contributed by atoms with Crippen LogP contribution in [0.3, 0.4) is 0 Å². The van der Waals surface area contributed by atoms with Crippen molar-refractivity contribution in [3.63, 3.8) is 0 Å². The molecule has 0 aliphatic carbocycles. The van der Waals surface area contributed by atoms with E-state index in [1.54, 1.807) is 13.8 Å². The molecule has 8 heteroatoms. The summed E-state index contributed by atoms with van der Waals surface area (Å²) in [6.07, 6.45) is -0.173. The molecular weight excluding hydrogens is 382 g/mol. The molecule has 2 aromatic carbocycles. The first-order valence-corrected chi connectivity index (χ1v) is 8.30. The Balaban J connectivity index is 2.15. The van der Waals surface area contributed by atoms with E-state index in [0.717, 1.165) is 18.2 Å². The summed E-state index contributed by atoms with van der Waals surface area (Å²) < 4.78 is 42.3. The third-order valence-electron chi connectivity index (χ3n) is 3.38. The lowest BCUT2D eigenvalue weighted by atomic mass is 10.1. The Morgan fingerprint density at radius 1 is 1.15 bits per heavy atom. The van der Waals surface area contributed by atoms with Crippen molar-refractivity contribution < 1.29 is 32.6 Å². The van der Waals surface area contributed by atoms with E-state index in [1.807, 2.05) is 0 Å². The van der Waals surface area contributed by atoms with Crippen molar-refractivity contribution in [2.75, 3.05) is 13.7 Å². The van der Waals surface area contributed by atoms with Crippen LogP contribution in [0.5, 0.6) is 11.5 Å². The summed E-state index contributed by atoms with van der Waals surface area (Å²) in [5.41, 5.74) is -0.487. The van der Waals surface area contributed by atoms with Crippen molar-refractivity contribution in [3.05, 3.63) is 58.1 Å². The first-order chi connectivity index (χ1) is 12.7. The molecule has 2 aromatic rings. The van der Waals surface area contributed by atoms with Gasteiger partial charge in [-0.05, 0) is 44.2 Å². The molecule has 0 bridgehead atoms. The van der Waals surface area contributed by atoms with Crippen LogP contribution in [0.15, 0.2) is 30.3 Å². The Morgan fingerprint density at radius 3 is 2.48 bits per heavy atom. The molecule has 0 saturated carbocycles. The highest BCUT2D eigenvalue weighted by molar-refractivity contribution is 6.32. The smallest absolute Gasteiger partial charge is 0.338 e. The molecule has 0 atom stereocenters. The predicted molar refractivity (Wildman–Crippen MR) is 94.7 cm³/mol. The number of ketones is 1. The number of hydrogen-bond acceptors (Lipinski definition) is 5. The molecule has 0 unspecified atom stereocenters. The van der Waals surface area contributed by atoms with Crippen molar-refractivity contribution in [2.45, 2.75) is 20.0 Å². The van der Waals surface area contributed by atoms with Gasteiger partial charge in [0, 0.05) is 0 Å². The minimum atomic E-state index is -0.905. The molecule has 0 spiro atoms. The summed E-state index contributed by atoms with van der Waals surface area (Å²) in [7, 11) is 1.38. The summed E-state index contributed by atoms with van der Waals surface area (Å²) in [5.74, 6) is -2.95. The number of methoxy groups -OCH3 is 1. The highest BCUT2D eigenvalue weighted by atomic mass is 35.5. The summed E-state index contributed by atoms with van der Waals surface area (Å²) in [6, 6.07) is 5.09. The molecule has 0 heterocycles. The standard InChI is InChI=1S/C19H17ClF2O5/c1-10(2)27-18-14(20)6-11(7-17(18)25-3)19(24)26-9-16(23)13-8-12(21)4-5-15(13)22/h4-8,10H,9H2,1-3H3. The van der Waals surface area contributed by atoms with Gasteiger partial charge < -0.3 is 14.2 Å². The van der Waals surface area contributed by atoms with Gasteiger partial charge in [-0.25, -0.2) is 13.6 Å². The van der Waals surface area contributed by atoms with Gasteiger partial charge in [0.15, 0.2) is 18.1 Å². The minimum absolute atomic E-state index is 0.0143. The zero-order chi connectivity index (χ0) is 20.1. The molecule has 27 heavy (non-hydrogen) atoms. The van der Waals surface area contributed by atoms with E-state index in [-0.39, 0.29) is 28.2 Å². The lowest BCUT2D eigenvalue weighted by Crippen LogP contribution is -2.16. The summed E-state index contributed by atoms with van der Waals surface area (Å²) in [5, 5.41) is 0.123. The molecule has 5 nitrogen and oxygen atoms in total. The van der Waals surface area contributed by atoms with Crippen molar-refractivity contribution >= 4 is 23.4 Å². The number of halogens is 3. The fourth-order valence-corrected chi connectivity index (χ4v) is 2.45. The number of benzene rings is 2. The van der Waals surface area contributed by atoms with Crippen molar-refractivity contribution in [1.82, 2.24) is 0 Å². The molecule has 0 aliphatic rings. The van der Waals surface area contributed by atoms with Crippen molar-refractivity contribution in [3.8, 4) is 11.5 Å². The fraction of sp³-hybridized carbons (Fsp3) is 0.263. The van der Waals surface area contributed by atoms with Gasteiger partial charge in [0.05, 0.1) is 29.4 Å². The zero-order valence-corrected chi connectivity index (χ0v) is 15.6. The Kier molecular flexibility index (Phi) is 6.74. The highest BCUT2D eigenvalue weighted by Crippen LogP contribution is 2.37. The molecule has 0 saturated heterocycles. The van der Waals surface area contributed by atoms with Gasteiger partial charge in [0.2, 0.25) is 5.78 Å². The SMILES string of the molecule is COc1cc(C(=O)OCC(=O)c2cc(F)ccc2F)cc(Cl)c1OC(C)C. The van der Waals surface area contributed by atoms with Crippen LogP contribution in [0.4, 0.5) is 8.78 Å². The molecule has 0 aromatic heterocycles. The number of ether oxygens (including phenoxy) is 3. The van der Waals surface area contributed by atoms with E-state index in [0.29, 0.717) is 0 Å². The van der Waals surface area contributed by atoms with Gasteiger partial charge in [0.1, 0.15) is 11.6 Å². The summed E-state index contributed by atoms with van der Waals surface area (Å²) >= 11 is 6.13. The van der Waals surface area contributed by atoms with Crippen LogP contribution in [0.1, 0.15) is 34.6 Å². The van der Waals surface area contributed by atoms with Gasteiger partial charge in [-0.3, -0.25) is 4.79 Å². The third kappa shape index (κ3) is 5.17. The van der Waals surface area contributed by atoms with Gasteiger partial charge in [-0.15, -0.1) is 0 Å². The molecule has 0 N–H and O–H groups in total. The predicted octanol–water partition coefficient (Wildman–Crippen LogP) is 4.45. The molecule has 0 amide bonds. The minimum Gasteiger partial charge on any atom is -0.493 e. The molecule has 0 aliphatic heterocycles. The molecule has 0 radical (unpaired) electrons. The average Bonchev–Trinajstić information content (AvgIpc) is 2.62. The van der Waals surface area contributed by atoms with Crippen LogP contribution in [0, 0.1) is 11.6 Å². The summed E-state index contributed by atoms with van der Waals surface area (Å²) in [4.78, 5) is 24.2. The van der Waals surface area contributed by atoms with E-state index >= 15 is 0 Å². The van der Waals surface area contributed by atoms with Crippen LogP contribution < -0.4 is 9.47 Å². The first-order valence-electron chi connectivity index (χ1n) is 7.92. The number of rotatable bonds is 7. The Labute approximate surface area is 159 Å². The second kappa shape index (κ2) is 8.81. The van der Waals surface area contributed by atoms with Crippen LogP contribution in [-0.2, 0) is 4.74 Å². The number of esters is 1. The molecule has 144 valence electrons. The van der Waals surface area contributed by atoms with Crippen LogP contribution >= 0.6 is 11.6 Å². The third-order valence-corrected chi connectivity index (χ3v) is 3.66. The maximum Gasteiger partial charge on any atom is 0.338 e. The Hall–Kier alpha value is -2.67. The van der Waals surface area contributed by atoms with Crippen LogP contribution in [0.2, 0.25) is 5.02 Å². The maximum atomic E-state index is 13.6. The van der Waals surface area contributed by atoms with E-state index in [1.165, 1.54) is 19.2 Å². The van der Waals surface area contributed by atoms with Gasteiger partial charge >= 0.3 is 5.97 Å². The highest BCUT2D eigenvalue weighted by Gasteiger charge is 2.20.